The van der Waals surface area contributed by atoms with Gasteiger partial charge >= 0.3 is 0 Å². The van der Waals surface area contributed by atoms with Crippen molar-refractivity contribution in [1.29, 1.82) is 0 Å². The van der Waals surface area contributed by atoms with Gasteiger partial charge in [0.15, 0.2) is 9.84 Å². The number of benzene rings is 1. The summed E-state index contributed by atoms with van der Waals surface area (Å²) in [6, 6.07) is 2.48. The summed E-state index contributed by atoms with van der Waals surface area (Å²) >= 11 is 0. The van der Waals surface area contributed by atoms with Gasteiger partial charge in [-0.15, -0.1) is 0 Å². The van der Waals surface area contributed by atoms with Crippen LogP contribution < -0.4 is 11.1 Å². The number of rotatable bonds is 3. The van der Waals surface area contributed by atoms with Crippen molar-refractivity contribution in [1.82, 2.24) is 0 Å². The molecule has 0 radical (unpaired) electrons. The van der Waals surface area contributed by atoms with Crippen molar-refractivity contribution in [3.05, 3.63) is 23.5 Å². The summed E-state index contributed by atoms with van der Waals surface area (Å²) in [6.07, 6.45) is 0.926. The lowest BCUT2D eigenvalue weighted by Gasteiger charge is -2.10. The highest BCUT2D eigenvalue weighted by atomic mass is 32.2. The van der Waals surface area contributed by atoms with Crippen molar-refractivity contribution in [3.8, 4) is 0 Å². The van der Waals surface area contributed by atoms with Crippen molar-refractivity contribution in [2.75, 3.05) is 23.1 Å². The Bertz CT molecular complexity index is 555. The molecule has 0 fully saturated rings. The molecule has 5 nitrogen and oxygen atoms in total. The van der Waals surface area contributed by atoms with Gasteiger partial charge in [0.1, 0.15) is 11.6 Å². The molecule has 1 aromatic carbocycles. The molecule has 0 bridgehead atoms. The molecule has 1 rings (SSSR count). The van der Waals surface area contributed by atoms with Gasteiger partial charge in [-0.3, -0.25) is 4.79 Å². The van der Waals surface area contributed by atoms with Crippen LogP contribution in [-0.4, -0.2) is 26.3 Å². The van der Waals surface area contributed by atoms with Crippen molar-refractivity contribution < 1.29 is 17.6 Å². The molecular weight excluding hydrogens is 247 g/mol. The summed E-state index contributed by atoms with van der Waals surface area (Å²) in [4.78, 5) is 11.3. The topological polar surface area (TPSA) is 89.3 Å². The molecule has 0 spiro atoms. The SMILES string of the molecule is Cc1c(N)ccc(F)c1NC(=O)CS(C)(=O)=O. The van der Waals surface area contributed by atoms with E-state index in [9.17, 15) is 17.6 Å². The third-order valence-corrected chi connectivity index (χ3v) is 2.90. The second-order valence-corrected chi connectivity index (χ2v) is 5.90. The van der Waals surface area contributed by atoms with Gasteiger partial charge in [0.05, 0.1) is 5.69 Å². The van der Waals surface area contributed by atoms with Gasteiger partial charge in [-0.1, -0.05) is 0 Å². The number of nitrogens with one attached hydrogen (secondary N) is 1. The zero-order valence-corrected chi connectivity index (χ0v) is 10.3. The largest absolute Gasteiger partial charge is 0.398 e. The lowest BCUT2D eigenvalue weighted by atomic mass is 10.1. The molecule has 0 heterocycles. The first-order valence-electron chi connectivity index (χ1n) is 4.73. The maximum absolute atomic E-state index is 13.4. The Morgan fingerprint density at radius 1 is 1.47 bits per heavy atom. The fourth-order valence-electron chi connectivity index (χ4n) is 1.26. The summed E-state index contributed by atoms with van der Waals surface area (Å²) in [5.74, 6) is -2.14. The zero-order valence-electron chi connectivity index (χ0n) is 9.45. The molecule has 0 unspecified atom stereocenters. The average Bonchev–Trinajstić information content (AvgIpc) is 2.16. The minimum Gasteiger partial charge on any atom is -0.398 e. The van der Waals surface area contributed by atoms with Crippen LogP contribution in [0, 0.1) is 12.7 Å². The van der Waals surface area contributed by atoms with Crippen molar-refractivity contribution >= 4 is 27.1 Å². The highest BCUT2D eigenvalue weighted by Gasteiger charge is 2.15. The van der Waals surface area contributed by atoms with Crippen molar-refractivity contribution in [3.63, 3.8) is 0 Å². The highest BCUT2D eigenvalue weighted by Crippen LogP contribution is 2.24. The van der Waals surface area contributed by atoms with Gasteiger partial charge in [0.2, 0.25) is 5.91 Å². The summed E-state index contributed by atoms with van der Waals surface area (Å²) < 4.78 is 35.2. The quantitative estimate of drug-likeness (QED) is 0.783. The molecule has 0 aliphatic rings. The van der Waals surface area contributed by atoms with Crippen molar-refractivity contribution in [2.24, 2.45) is 0 Å². The number of nitrogen functional groups attached to an aromatic ring is 1. The standard InChI is InChI=1S/C10H13FN2O3S/c1-6-8(12)4-3-7(11)10(6)13-9(14)5-17(2,15)16/h3-4H,5,12H2,1-2H3,(H,13,14). The summed E-state index contributed by atoms with van der Waals surface area (Å²) in [5.41, 5.74) is 6.16. The molecule has 0 atom stereocenters. The third-order valence-electron chi connectivity index (χ3n) is 2.11. The average molecular weight is 260 g/mol. The Labute approximate surface area is 98.7 Å². The predicted molar refractivity (Wildman–Crippen MR) is 63.9 cm³/mol. The van der Waals surface area contributed by atoms with Crippen LogP contribution in [0.4, 0.5) is 15.8 Å². The highest BCUT2D eigenvalue weighted by molar-refractivity contribution is 7.91. The number of amides is 1. The van der Waals surface area contributed by atoms with Gasteiger partial charge in [0, 0.05) is 11.9 Å². The van der Waals surface area contributed by atoms with E-state index in [1.165, 1.54) is 13.0 Å². The summed E-state index contributed by atoms with van der Waals surface area (Å²) in [7, 11) is -3.45. The second kappa shape index (κ2) is 4.70. The molecule has 0 aromatic heterocycles. The van der Waals surface area contributed by atoms with Crippen molar-refractivity contribution in [2.45, 2.75) is 6.92 Å². The smallest absolute Gasteiger partial charge is 0.239 e. The first-order valence-corrected chi connectivity index (χ1v) is 6.79. The zero-order chi connectivity index (χ0) is 13.2. The molecule has 0 saturated carbocycles. The van der Waals surface area contributed by atoms with Crippen LogP contribution in [0.2, 0.25) is 0 Å². The Kier molecular flexibility index (Phi) is 3.72. The van der Waals surface area contributed by atoms with Gasteiger partial charge < -0.3 is 11.1 Å². The van der Waals surface area contributed by atoms with Crippen LogP contribution in [0.5, 0.6) is 0 Å². The van der Waals surface area contributed by atoms with Gasteiger partial charge in [0.25, 0.3) is 0 Å². The van der Waals surface area contributed by atoms with Crippen LogP contribution >= 0.6 is 0 Å². The minimum atomic E-state index is -3.45. The summed E-state index contributed by atoms with van der Waals surface area (Å²) in [6.45, 7) is 1.54. The number of anilines is 2. The number of carbonyl (C=O) groups is 1. The third kappa shape index (κ3) is 3.70. The molecule has 94 valence electrons. The Hall–Kier alpha value is -1.63. The Morgan fingerprint density at radius 3 is 2.59 bits per heavy atom. The van der Waals surface area contributed by atoms with E-state index in [4.69, 9.17) is 5.73 Å². The van der Waals surface area contributed by atoms with E-state index in [1.807, 2.05) is 0 Å². The van der Waals surface area contributed by atoms with Crippen LogP contribution in [0.1, 0.15) is 5.56 Å². The molecule has 0 aliphatic heterocycles. The molecule has 0 saturated heterocycles. The van der Waals surface area contributed by atoms with E-state index in [0.29, 0.717) is 11.3 Å². The lowest BCUT2D eigenvalue weighted by molar-refractivity contribution is -0.113. The first-order chi connectivity index (χ1) is 7.70. The number of hydrogen-bond donors (Lipinski definition) is 2. The maximum Gasteiger partial charge on any atom is 0.239 e. The molecule has 7 heteroatoms. The molecule has 3 N–H and O–H groups in total. The Balaban J connectivity index is 2.97. The minimum absolute atomic E-state index is 0.0846. The monoisotopic (exact) mass is 260 g/mol. The molecule has 0 aliphatic carbocycles. The van der Waals surface area contributed by atoms with E-state index in [0.717, 1.165) is 12.3 Å². The van der Waals surface area contributed by atoms with Gasteiger partial charge in [-0.25, -0.2) is 12.8 Å². The van der Waals surface area contributed by atoms with E-state index < -0.39 is 27.3 Å². The molecule has 1 amide bonds. The number of halogens is 1. The first kappa shape index (κ1) is 13.4. The van der Waals surface area contributed by atoms with E-state index in [-0.39, 0.29) is 5.69 Å². The van der Waals surface area contributed by atoms with Crippen LogP contribution in [-0.2, 0) is 14.6 Å². The van der Waals surface area contributed by atoms with Crippen LogP contribution in [0.15, 0.2) is 12.1 Å². The summed E-state index contributed by atoms with van der Waals surface area (Å²) in [5, 5.41) is 2.20. The number of nitrogens with two attached hydrogens (primary N) is 1. The van der Waals surface area contributed by atoms with Crippen LogP contribution in [0.3, 0.4) is 0 Å². The normalized spacial score (nSPS) is 11.2. The van der Waals surface area contributed by atoms with Crippen LogP contribution in [0.25, 0.3) is 0 Å². The number of carbonyl (C=O) groups excluding carboxylic acids is 1. The number of sulfone groups is 1. The van der Waals surface area contributed by atoms with E-state index >= 15 is 0 Å². The Morgan fingerprint density at radius 2 is 2.06 bits per heavy atom. The maximum atomic E-state index is 13.4. The second-order valence-electron chi connectivity index (χ2n) is 3.75. The lowest BCUT2D eigenvalue weighted by Crippen LogP contribution is -2.23. The number of hydrogen-bond acceptors (Lipinski definition) is 4. The van der Waals surface area contributed by atoms with Gasteiger partial charge in [-0.2, -0.15) is 0 Å². The predicted octanol–water partition coefficient (Wildman–Crippen LogP) is 0.699. The molecule has 17 heavy (non-hydrogen) atoms. The van der Waals surface area contributed by atoms with Gasteiger partial charge in [-0.05, 0) is 24.6 Å². The van der Waals surface area contributed by atoms with E-state index in [2.05, 4.69) is 5.32 Å². The molecular formula is C10H13FN2O3S. The molecule has 1 aromatic rings. The fraction of sp³-hybridized carbons (Fsp3) is 0.300. The fourth-order valence-corrected chi connectivity index (χ4v) is 1.81. The van der Waals surface area contributed by atoms with E-state index in [1.54, 1.807) is 0 Å².